The van der Waals surface area contributed by atoms with Crippen molar-refractivity contribution in [1.29, 1.82) is 0 Å². The van der Waals surface area contributed by atoms with Crippen LogP contribution in [-0.4, -0.2) is 34.2 Å². The van der Waals surface area contributed by atoms with Crippen LogP contribution in [0.4, 0.5) is 11.5 Å². The second-order valence-electron chi connectivity index (χ2n) is 7.59. The van der Waals surface area contributed by atoms with Crippen LogP contribution in [0.1, 0.15) is 17.3 Å². The first-order valence-corrected chi connectivity index (χ1v) is 10.8. The molecule has 2 aromatic heterocycles. The van der Waals surface area contributed by atoms with Gasteiger partial charge in [0.15, 0.2) is 5.65 Å². The van der Waals surface area contributed by atoms with Crippen LogP contribution >= 0.6 is 0 Å². The molecule has 34 heavy (non-hydrogen) atoms. The molecule has 0 atom stereocenters. The maximum Gasteiger partial charge on any atom is 0.261 e. The predicted octanol–water partition coefficient (Wildman–Crippen LogP) is 4.82. The van der Waals surface area contributed by atoms with E-state index >= 15 is 0 Å². The predicted molar refractivity (Wildman–Crippen MR) is 133 cm³/mol. The zero-order chi connectivity index (χ0) is 23.7. The number of nitrogens with one attached hydrogen (secondary N) is 1. The summed E-state index contributed by atoms with van der Waals surface area (Å²) in [7, 11) is 1.59. The molecule has 0 saturated carbocycles. The Hall–Kier alpha value is -4.59. The monoisotopic (exact) mass is 453 g/mol. The van der Waals surface area contributed by atoms with Crippen molar-refractivity contribution in [3.8, 4) is 17.2 Å². The van der Waals surface area contributed by atoms with Crippen molar-refractivity contribution in [3.05, 3.63) is 78.4 Å². The van der Waals surface area contributed by atoms with Gasteiger partial charge in [0.05, 0.1) is 24.8 Å². The molecular weight excluding hydrogens is 430 g/mol. The average molecular weight is 454 g/mol. The van der Waals surface area contributed by atoms with Crippen LogP contribution in [0.15, 0.2) is 72.8 Å². The molecule has 5 aromatic rings. The number of benzene rings is 3. The van der Waals surface area contributed by atoms with Gasteiger partial charge >= 0.3 is 0 Å². The third-order valence-corrected chi connectivity index (χ3v) is 5.48. The first-order chi connectivity index (χ1) is 16.6. The van der Waals surface area contributed by atoms with Crippen LogP contribution in [0, 0.1) is 0 Å². The minimum atomic E-state index is -0.373. The van der Waals surface area contributed by atoms with Gasteiger partial charge in [-0.25, -0.2) is 9.97 Å². The fraction of sp³-hybridized carbons (Fsp3) is 0.115. The van der Waals surface area contributed by atoms with Crippen LogP contribution in [-0.2, 0) is 0 Å². The van der Waals surface area contributed by atoms with Gasteiger partial charge in [0.1, 0.15) is 28.4 Å². The molecule has 1 amide bonds. The summed E-state index contributed by atoms with van der Waals surface area (Å²) in [5.41, 5.74) is 10.5. The van der Waals surface area contributed by atoms with Gasteiger partial charge in [-0.15, -0.1) is 0 Å². The van der Waals surface area contributed by atoms with Gasteiger partial charge in [0, 0.05) is 11.4 Å². The number of ether oxygens (including phenoxy) is 2. The van der Waals surface area contributed by atoms with Crippen molar-refractivity contribution in [3.63, 3.8) is 0 Å². The molecule has 3 aromatic carbocycles. The number of hydrogen-bond donors (Lipinski definition) is 2. The number of nitrogens with two attached hydrogens (primary N) is 1. The maximum atomic E-state index is 13.4. The SMILES string of the molecule is CCOc1ccc(-n2c(N)c(C(=O)Nc3ccc(OC)cc3)c3nc4ccccc4nc32)cc1. The lowest BCUT2D eigenvalue weighted by molar-refractivity contribution is 0.102. The average Bonchev–Trinajstić information content (AvgIpc) is 3.14. The molecule has 8 heteroatoms. The molecule has 0 fully saturated rings. The zero-order valence-corrected chi connectivity index (χ0v) is 18.8. The summed E-state index contributed by atoms with van der Waals surface area (Å²) in [4.78, 5) is 23.0. The molecule has 170 valence electrons. The highest BCUT2D eigenvalue weighted by Gasteiger charge is 2.25. The number of nitrogens with zero attached hydrogens (tertiary/aromatic N) is 3. The molecule has 0 aliphatic carbocycles. The summed E-state index contributed by atoms with van der Waals surface area (Å²) >= 11 is 0. The van der Waals surface area contributed by atoms with Crippen molar-refractivity contribution >= 4 is 39.6 Å². The standard InChI is InChI=1S/C26H23N5O3/c1-3-34-19-14-10-17(11-15-19)31-24(27)22(26(32)28-16-8-12-18(33-2)13-9-16)23-25(31)30-21-7-5-4-6-20(21)29-23/h4-15H,3,27H2,1-2H3,(H,28,32). The number of nitrogen functional groups attached to an aromatic ring is 1. The van der Waals surface area contributed by atoms with E-state index in [1.807, 2.05) is 55.5 Å². The topological polar surface area (TPSA) is 104 Å². The van der Waals surface area contributed by atoms with E-state index in [-0.39, 0.29) is 17.3 Å². The van der Waals surface area contributed by atoms with Crippen molar-refractivity contribution in [2.24, 2.45) is 0 Å². The Labute approximate surface area is 196 Å². The van der Waals surface area contributed by atoms with Crippen LogP contribution in [0.2, 0.25) is 0 Å². The lowest BCUT2D eigenvalue weighted by Gasteiger charge is -2.10. The van der Waals surface area contributed by atoms with Gasteiger partial charge in [-0.1, -0.05) is 12.1 Å². The van der Waals surface area contributed by atoms with Crippen molar-refractivity contribution in [2.45, 2.75) is 6.92 Å². The fourth-order valence-corrected chi connectivity index (χ4v) is 3.87. The number of carbonyl (C=O) groups excluding carboxylic acids is 1. The Morgan fingerprint density at radius 1 is 0.941 bits per heavy atom. The lowest BCUT2D eigenvalue weighted by Crippen LogP contribution is -2.14. The van der Waals surface area contributed by atoms with Crippen LogP contribution in [0.5, 0.6) is 11.5 Å². The molecule has 0 unspecified atom stereocenters. The summed E-state index contributed by atoms with van der Waals surface area (Å²) in [6.07, 6.45) is 0. The highest BCUT2D eigenvalue weighted by molar-refractivity contribution is 6.16. The quantitative estimate of drug-likeness (QED) is 0.382. The molecule has 0 radical (unpaired) electrons. The number of rotatable bonds is 6. The summed E-state index contributed by atoms with van der Waals surface area (Å²) < 4.78 is 12.5. The number of carbonyl (C=O) groups is 1. The van der Waals surface area contributed by atoms with Gasteiger partial charge in [0.25, 0.3) is 5.91 Å². The van der Waals surface area contributed by atoms with Gasteiger partial charge in [-0.3, -0.25) is 9.36 Å². The Morgan fingerprint density at radius 3 is 2.24 bits per heavy atom. The zero-order valence-electron chi connectivity index (χ0n) is 18.8. The highest BCUT2D eigenvalue weighted by Crippen LogP contribution is 2.32. The Morgan fingerprint density at radius 2 is 1.59 bits per heavy atom. The molecule has 8 nitrogen and oxygen atoms in total. The van der Waals surface area contributed by atoms with Crippen LogP contribution in [0.25, 0.3) is 27.9 Å². The van der Waals surface area contributed by atoms with Crippen molar-refractivity contribution < 1.29 is 14.3 Å². The largest absolute Gasteiger partial charge is 0.497 e. The molecular formula is C26H23N5O3. The summed E-state index contributed by atoms with van der Waals surface area (Å²) in [5.74, 6) is 1.32. The number of hydrogen-bond acceptors (Lipinski definition) is 6. The molecule has 0 aliphatic rings. The van der Waals surface area contributed by atoms with Crippen LogP contribution in [0.3, 0.4) is 0 Å². The minimum absolute atomic E-state index is 0.250. The molecule has 0 bridgehead atoms. The molecule has 0 saturated heterocycles. The van der Waals surface area contributed by atoms with E-state index in [0.29, 0.717) is 40.2 Å². The number of anilines is 2. The molecule has 0 spiro atoms. The van der Waals surface area contributed by atoms with Crippen LogP contribution < -0.4 is 20.5 Å². The van der Waals surface area contributed by atoms with Gasteiger partial charge in [-0.2, -0.15) is 0 Å². The normalized spacial score (nSPS) is 11.0. The fourth-order valence-electron chi connectivity index (χ4n) is 3.87. The maximum absolute atomic E-state index is 13.4. The van der Waals surface area contributed by atoms with E-state index in [0.717, 1.165) is 11.4 Å². The smallest absolute Gasteiger partial charge is 0.261 e. The van der Waals surface area contributed by atoms with Crippen molar-refractivity contribution in [2.75, 3.05) is 24.8 Å². The van der Waals surface area contributed by atoms with E-state index in [1.54, 1.807) is 35.9 Å². The van der Waals surface area contributed by atoms with Gasteiger partial charge in [-0.05, 0) is 67.6 Å². The summed E-state index contributed by atoms with van der Waals surface area (Å²) in [6, 6.07) is 22.1. The second-order valence-corrected chi connectivity index (χ2v) is 7.59. The Bertz CT molecular complexity index is 1490. The number of aromatic nitrogens is 3. The Kier molecular flexibility index (Phi) is 5.47. The highest BCUT2D eigenvalue weighted by atomic mass is 16.5. The van der Waals surface area contributed by atoms with Crippen molar-refractivity contribution in [1.82, 2.24) is 14.5 Å². The lowest BCUT2D eigenvalue weighted by atomic mass is 10.2. The van der Waals surface area contributed by atoms with E-state index < -0.39 is 0 Å². The second kappa shape index (κ2) is 8.74. The van der Waals surface area contributed by atoms with E-state index in [4.69, 9.17) is 25.2 Å². The molecule has 0 aliphatic heterocycles. The number of fused-ring (bicyclic) bond motifs is 2. The molecule has 5 rings (SSSR count). The van der Waals surface area contributed by atoms with Gasteiger partial charge in [0.2, 0.25) is 0 Å². The number of para-hydroxylation sites is 2. The third kappa shape index (κ3) is 3.75. The molecule has 2 heterocycles. The van der Waals surface area contributed by atoms with Gasteiger partial charge < -0.3 is 20.5 Å². The van der Waals surface area contributed by atoms with E-state index in [9.17, 15) is 4.79 Å². The van der Waals surface area contributed by atoms with E-state index in [2.05, 4.69) is 5.32 Å². The third-order valence-electron chi connectivity index (χ3n) is 5.48. The molecule has 3 N–H and O–H groups in total. The summed E-state index contributed by atoms with van der Waals surface area (Å²) in [5, 5.41) is 2.91. The first kappa shape index (κ1) is 21.3. The minimum Gasteiger partial charge on any atom is -0.497 e. The summed E-state index contributed by atoms with van der Waals surface area (Å²) in [6.45, 7) is 2.50. The first-order valence-electron chi connectivity index (χ1n) is 10.8. The van der Waals surface area contributed by atoms with E-state index in [1.165, 1.54) is 0 Å². The number of methoxy groups -OCH3 is 1. The number of amides is 1. The Balaban J connectivity index is 1.66.